The van der Waals surface area contributed by atoms with Gasteiger partial charge in [0.15, 0.2) is 5.84 Å². The number of alkyl carbamates (subject to hydrolysis) is 1. The lowest BCUT2D eigenvalue weighted by Crippen LogP contribution is -2.34. The van der Waals surface area contributed by atoms with Crippen molar-refractivity contribution in [2.24, 2.45) is 15.9 Å². The van der Waals surface area contributed by atoms with Gasteiger partial charge < -0.3 is 20.1 Å². The molecule has 1 aliphatic carbocycles. The smallest absolute Gasteiger partial charge is 0.406 e. The van der Waals surface area contributed by atoms with Crippen LogP contribution in [-0.4, -0.2) is 54.5 Å². The highest BCUT2D eigenvalue weighted by Crippen LogP contribution is 2.29. The van der Waals surface area contributed by atoms with Crippen molar-refractivity contribution >= 4 is 23.5 Å². The van der Waals surface area contributed by atoms with Crippen LogP contribution in [0.4, 0.5) is 14.9 Å². The first kappa shape index (κ1) is 32.6. The van der Waals surface area contributed by atoms with E-state index in [1.807, 2.05) is 39.8 Å². The van der Waals surface area contributed by atoms with Crippen molar-refractivity contribution in [2.75, 3.05) is 26.7 Å². The Labute approximate surface area is 227 Å². The Morgan fingerprint density at radius 3 is 2.61 bits per heavy atom. The molecule has 38 heavy (non-hydrogen) atoms. The van der Waals surface area contributed by atoms with Crippen molar-refractivity contribution in [3.05, 3.63) is 65.2 Å². The Bertz CT molecular complexity index is 1040. The van der Waals surface area contributed by atoms with E-state index in [9.17, 15) is 14.3 Å². The van der Waals surface area contributed by atoms with E-state index in [0.717, 1.165) is 24.4 Å². The zero-order valence-corrected chi connectivity index (χ0v) is 24.1. The second-order valence-corrected chi connectivity index (χ2v) is 8.43. The minimum atomic E-state index is -0.444. The molecular formula is C30H45FN4O3. The van der Waals surface area contributed by atoms with Crippen LogP contribution >= 0.6 is 0 Å². The van der Waals surface area contributed by atoms with Gasteiger partial charge in [-0.2, -0.15) is 0 Å². The van der Waals surface area contributed by atoms with Crippen LogP contribution in [0.2, 0.25) is 0 Å². The maximum atomic E-state index is 13.9. The molecule has 2 heterocycles. The number of aliphatic hydroxyl groups excluding tert-OH is 1. The number of likely N-dealkylation sites (tertiary alicyclic amines) is 1. The molecule has 1 atom stereocenters. The maximum absolute atomic E-state index is 13.9. The van der Waals surface area contributed by atoms with Crippen LogP contribution in [-0.2, 0) is 11.2 Å². The standard InChI is InChI=1S/C23H25FN4O3.C3H8.2C2H6/c1-31-23(30)25-13-15-9-10-28(14-15)21-12-16-11-17(24)7-8-19(16)26-22(27-21)18-5-3-2-4-6-20(18)29;1-3-2;2*1-2/h2,4-8,11,15,29H,3,9-10,12-14H2,1H3,(H,25,30);3H2,1-2H3;2*1-2H3. The van der Waals surface area contributed by atoms with Gasteiger partial charge in [0.05, 0.1) is 18.4 Å². The quantitative estimate of drug-likeness (QED) is 0.431. The lowest BCUT2D eigenvalue weighted by molar-refractivity contribution is 0.169. The molecule has 0 aromatic heterocycles. The Hall–Kier alpha value is -3.42. The molecule has 1 aromatic carbocycles. The first-order valence-corrected chi connectivity index (χ1v) is 13.7. The lowest BCUT2D eigenvalue weighted by atomic mass is 10.1. The van der Waals surface area contributed by atoms with Crippen molar-refractivity contribution in [1.29, 1.82) is 0 Å². The number of nitrogens with one attached hydrogen (secondary N) is 1. The highest BCUT2D eigenvalue weighted by Gasteiger charge is 2.28. The zero-order chi connectivity index (χ0) is 28.5. The molecule has 1 unspecified atom stereocenters. The number of carbonyl (C=O) groups excluding carboxylic acids is 1. The van der Waals surface area contributed by atoms with Gasteiger partial charge in [0, 0.05) is 26.1 Å². The molecule has 0 spiro atoms. The van der Waals surface area contributed by atoms with Crippen LogP contribution in [0.3, 0.4) is 0 Å². The van der Waals surface area contributed by atoms with Crippen molar-refractivity contribution < 1.29 is 19.0 Å². The number of benzene rings is 1. The molecule has 2 N–H and O–H groups in total. The second-order valence-electron chi connectivity index (χ2n) is 8.43. The summed E-state index contributed by atoms with van der Waals surface area (Å²) in [6.45, 7) is 14.2. The third kappa shape index (κ3) is 9.80. The van der Waals surface area contributed by atoms with Crippen LogP contribution in [0.5, 0.6) is 0 Å². The molecule has 7 nitrogen and oxygen atoms in total. The summed E-state index contributed by atoms with van der Waals surface area (Å²) in [5, 5.41) is 13.2. The van der Waals surface area contributed by atoms with Crippen LogP contribution in [0, 0.1) is 11.7 Å². The van der Waals surface area contributed by atoms with Crippen LogP contribution in [0.15, 0.2) is 63.8 Å². The van der Waals surface area contributed by atoms with Gasteiger partial charge in [0.25, 0.3) is 0 Å². The minimum Gasteiger partial charge on any atom is -0.507 e. The fourth-order valence-electron chi connectivity index (χ4n) is 3.94. The van der Waals surface area contributed by atoms with E-state index in [2.05, 4.69) is 33.8 Å². The number of ether oxygens (including phenoxy) is 1. The largest absolute Gasteiger partial charge is 0.507 e. The van der Waals surface area contributed by atoms with Gasteiger partial charge in [-0.15, -0.1) is 0 Å². The average Bonchev–Trinajstić information content (AvgIpc) is 3.20. The molecule has 1 amide bonds. The number of aliphatic hydroxyl groups is 1. The number of allylic oxidation sites excluding steroid dienone is 4. The zero-order valence-electron chi connectivity index (χ0n) is 24.1. The molecule has 8 heteroatoms. The number of amides is 1. The monoisotopic (exact) mass is 528 g/mol. The molecule has 1 saturated heterocycles. The summed E-state index contributed by atoms with van der Waals surface area (Å²) in [6.07, 6.45) is 10.0. The van der Waals surface area contributed by atoms with E-state index < -0.39 is 6.09 Å². The first-order valence-electron chi connectivity index (χ1n) is 13.7. The Balaban J connectivity index is 0.000000944. The lowest BCUT2D eigenvalue weighted by Gasteiger charge is -2.21. The highest BCUT2D eigenvalue weighted by atomic mass is 19.1. The summed E-state index contributed by atoms with van der Waals surface area (Å²) in [5.41, 5.74) is 1.95. The van der Waals surface area contributed by atoms with E-state index in [0.29, 0.717) is 43.0 Å². The molecule has 1 aromatic rings. The predicted octanol–water partition coefficient (Wildman–Crippen LogP) is 7.29. The van der Waals surface area contributed by atoms with E-state index in [4.69, 9.17) is 4.99 Å². The Morgan fingerprint density at radius 1 is 1.21 bits per heavy atom. The van der Waals surface area contributed by atoms with Crippen molar-refractivity contribution in [2.45, 2.75) is 67.2 Å². The Kier molecular flexibility index (Phi) is 15.4. The molecule has 2 aliphatic heterocycles. The topological polar surface area (TPSA) is 86.5 Å². The van der Waals surface area contributed by atoms with Gasteiger partial charge in [-0.05, 0) is 48.6 Å². The van der Waals surface area contributed by atoms with Crippen LogP contribution in [0.1, 0.15) is 66.4 Å². The number of rotatable bonds is 3. The fourth-order valence-corrected chi connectivity index (χ4v) is 3.94. The second kappa shape index (κ2) is 17.9. The predicted molar refractivity (Wildman–Crippen MR) is 156 cm³/mol. The van der Waals surface area contributed by atoms with Gasteiger partial charge in [0.2, 0.25) is 0 Å². The molecule has 0 bridgehead atoms. The fraction of sp³-hybridized carbons (Fsp3) is 0.500. The van der Waals surface area contributed by atoms with Gasteiger partial charge >= 0.3 is 6.09 Å². The van der Waals surface area contributed by atoms with E-state index >= 15 is 0 Å². The van der Waals surface area contributed by atoms with Gasteiger partial charge in [0.1, 0.15) is 17.4 Å². The van der Waals surface area contributed by atoms with Crippen molar-refractivity contribution in [3.63, 3.8) is 0 Å². The number of methoxy groups -OCH3 is 1. The number of hydrogen-bond donors (Lipinski definition) is 2. The van der Waals surface area contributed by atoms with Crippen molar-refractivity contribution in [1.82, 2.24) is 10.2 Å². The summed E-state index contributed by atoms with van der Waals surface area (Å²) in [6, 6.07) is 4.52. The van der Waals surface area contributed by atoms with Gasteiger partial charge in [-0.1, -0.05) is 66.2 Å². The number of hydrogen-bond acceptors (Lipinski definition) is 6. The van der Waals surface area contributed by atoms with Crippen LogP contribution < -0.4 is 5.32 Å². The maximum Gasteiger partial charge on any atom is 0.406 e. The number of nitrogens with zero attached hydrogens (tertiary/aromatic N) is 3. The number of aliphatic imine (C=N–C) groups is 2. The average molecular weight is 529 g/mol. The summed E-state index contributed by atoms with van der Waals surface area (Å²) >= 11 is 0. The molecule has 0 radical (unpaired) electrons. The molecule has 0 saturated carbocycles. The number of halogens is 1. The molecular weight excluding hydrogens is 483 g/mol. The number of amidine groups is 2. The summed E-state index contributed by atoms with van der Waals surface area (Å²) in [5.74, 6) is 1.22. The highest BCUT2D eigenvalue weighted by molar-refractivity contribution is 6.11. The molecule has 3 aliphatic rings. The van der Waals surface area contributed by atoms with E-state index in [1.54, 1.807) is 18.2 Å². The minimum absolute atomic E-state index is 0.0998. The third-order valence-corrected chi connectivity index (χ3v) is 5.59. The summed E-state index contributed by atoms with van der Waals surface area (Å²) < 4.78 is 18.6. The molecule has 210 valence electrons. The molecule has 4 rings (SSSR count). The number of carbonyl (C=O) groups is 1. The number of fused-ring (bicyclic) bond motifs is 1. The molecule has 1 fully saturated rings. The van der Waals surface area contributed by atoms with E-state index in [-0.39, 0.29) is 17.5 Å². The van der Waals surface area contributed by atoms with Crippen LogP contribution in [0.25, 0.3) is 0 Å². The van der Waals surface area contributed by atoms with E-state index in [1.165, 1.54) is 25.7 Å². The first-order chi connectivity index (χ1) is 18.4. The third-order valence-electron chi connectivity index (χ3n) is 5.59. The Morgan fingerprint density at radius 2 is 1.92 bits per heavy atom. The summed E-state index contributed by atoms with van der Waals surface area (Å²) in [7, 11) is 1.34. The summed E-state index contributed by atoms with van der Waals surface area (Å²) in [4.78, 5) is 23.0. The normalized spacial score (nSPS) is 17.6. The van der Waals surface area contributed by atoms with Crippen molar-refractivity contribution in [3.8, 4) is 0 Å². The SMILES string of the molecule is CC.CC.CCC.COC(=O)NCC1CCN(C2=NC(C3=CCC=CC=C3O)=Nc3ccc(F)cc3C2)C1. The van der Waals surface area contributed by atoms with Gasteiger partial charge in [-0.3, -0.25) is 0 Å². The van der Waals surface area contributed by atoms with Gasteiger partial charge in [-0.25, -0.2) is 19.2 Å².